The van der Waals surface area contributed by atoms with Crippen LogP contribution in [0.4, 0.5) is 0 Å². The van der Waals surface area contributed by atoms with Crippen LogP contribution in [0.15, 0.2) is 0 Å². The van der Waals surface area contributed by atoms with E-state index in [0.29, 0.717) is 18.9 Å². The van der Waals surface area contributed by atoms with Crippen molar-refractivity contribution in [3.8, 4) is 0 Å². The van der Waals surface area contributed by atoms with Gasteiger partial charge in [0, 0.05) is 25.6 Å². The second kappa shape index (κ2) is 10.2. The molecule has 0 aromatic heterocycles. The molecule has 0 atom stereocenters. The number of halogens is 2. The van der Waals surface area contributed by atoms with Crippen LogP contribution in [0.2, 0.25) is 0 Å². The highest BCUT2D eigenvalue weighted by Gasteiger charge is 2.35. The van der Waals surface area contributed by atoms with E-state index in [1.807, 2.05) is 0 Å². The molecule has 4 nitrogen and oxygen atoms in total. The molecule has 0 radical (unpaired) electrons. The van der Waals surface area contributed by atoms with Crippen LogP contribution in [-0.2, 0) is 4.79 Å². The molecule has 0 spiro atoms. The fourth-order valence-electron chi connectivity index (χ4n) is 4.77. The molecule has 3 aliphatic rings. The van der Waals surface area contributed by atoms with Crippen LogP contribution in [0.1, 0.15) is 64.2 Å². The van der Waals surface area contributed by atoms with Crippen molar-refractivity contribution >= 4 is 30.7 Å². The lowest BCUT2D eigenvalue weighted by molar-refractivity contribution is -0.135. The van der Waals surface area contributed by atoms with E-state index >= 15 is 0 Å². The Bertz CT molecular complexity index is 374. The number of hydrogen-bond acceptors (Lipinski definition) is 3. The Morgan fingerprint density at radius 2 is 1.50 bits per heavy atom. The van der Waals surface area contributed by atoms with Crippen LogP contribution in [0.25, 0.3) is 0 Å². The molecule has 1 amide bonds. The van der Waals surface area contributed by atoms with Crippen molar-refractivity contribution in [2.24, 2.45) is 11.1 Å². The minimum absolute atomic E-state index is 0. The van der Waals surface area contributed by atoms with Crippen LogP contribution in [0, 0.1) is 5.41 Å². The van der Waals surface area contributed by atoms with Gasteiger partial charge in [-0.05, 0) is 63.6 Å². The number of carbonyl (C=O) groups is 1. The Labute approximate surface area is 159 Å². The van der Waals surface area contributed by atoms with Gasteiger partial charge < -0.3 is 15.5 Å². The van der Waals surface area contributed by atoms with Crippen molar-refractivity contribution in [1.29, 1.82) is 0 Å². The van der Waals surface area contributed by atoms with Gasteiger partial charge >= 0.3 is 0 Å². The summed E-state index contributed by atoms with van der Waals surface area (Å²) in [7, 11) is 0. The normalized spacial score (nSPS) is 25.0. The maximum atomic E-state index is 12.7. The van der Waals surface area contributed by atoms with Gasteiger partial charge in [0.1, 0.15) is 0 Å². The Hall–Kier alpha value is -0.0300. The van der Waals surface area contributed by atoms with Gasteiger partial charge in [-0.3, -0.25) is 4.79 Å². The Morgan fingerprint density at radius 3 is 2.04 bits per heavy atom. The van der Waals surface area contributed by atoms with Crippen molar-refractivity contribution < 1.29 is 4.79 Å². The van der Waals surface area contributed by atoms with E-state index in [0.717, 1.165) is 32.0 Å². The van der Waals surface area contributed by atoms with Crippen LogP contribution >= 0.6 is 24.8 Å². The molecule has 142 valence electrons. The zero-order valence-corrected chi connectivity index (χ0v) is 16.5. The monoisotopic (exact) mass is 379 g/mol. The first-order valence-electron chi connectivity index (χ1n) is 9.44. The zero-order valence-electron chi connectivity index (χ0n) is 14.9. The number of nitrogens with zero attached hydrogens (tertiary/aromatic N) is 2. The molecule has 0 aromatic carbocycles. The minimum atomic E-state index is 0. The lowest BCUT2D eigenvalue weighted by atomic mass is 9.71. The summed E-state index contributed by atoms with van der Waals surface area (Å²) in [6.45, 7) is 5.15. The third-order valence-corrected chi connectivity index (χ3v) is 6.35. The molecule has 24 heavy (non-hydrogen) atoms. The van der Waals surface area contributed by atoms with Gasteiger partial charge in [-0.1, -0.05) is 19.3 Å². The number of piperidine rings is 1. The number of nitrogens with two attached hydrogens (primary N) is 1. The summed E-state index contributed by atoms with van der Waals surface area (Å²) in [6.07, 6.45) is 11.9. The number of carbonyl (C=O) groups excluding carboxylic acids is 1. The van der Waals surface area contributed by atoms with E-state index in [4.69, 9.17) is 5.73 Å². The molecular weight excluding hydrogens is 345 g/mol. The van der Waals surface area contributed by atoms with Gasteiger partial charge in [0.25, 0.3) is 0 Å². The summed E-state index contributed by atoms with van der Waals surface area (Å²) in [5.41, 5.74) is 6.16. The molecule has 0 unspecified atom stereocenters. The zero-order chi connectivity index (χ0) is 15.4. The van der Waals surface area contributed by atoms with E-state index in [9.17, 15) is 4.79 Å². The molecule has 6 heteroatoms. The van der Waals surface area contributed by atoms with Crippen molar-refractivity contribution in [3.05, 3.63) is 0 Å². The molecule has 3 rings (SSSR count). The van der Waals surface area contributed by atoms with E-state index in [1.165, 1.54) is 58.0 Å². The third kappa shape index (κ3) is 5.23. The van der Waals surface area contributed by atoms with Gasteiger partial charge in [0.2, 0.25) is 5.91 Å². The van der Waals surface area contributed by atoms with E-state index < -0.39 is 0 Å². The number of amides is 1. The van der Waals surface area contributed by atoms with Crippen molar-refractivity contribution in [1.82, 2.24) is 9.80 Å². The number of hydrogen-bond donors (Lipinski definition) is 1. The van der Waals surface area contributed by atoms with E-state index in [1.54, 1.807) is 0 Å². The minimum Gasteiger partial charge on any atom is -0.343 e. The lowest BCUT2D eigenvalue weighted by Gasteiger charge is -2.40. The maximum absolute atomic E-state index is 12.7. The first-order chi connectivity index (χ1) is 10.7. The van der Waals surface area contributed by atoms with E-state index in [-0.39, 0.29) is 30.2 Å². The molecule has 0 bridgehead atoms. The van der Waals surface area contributed by atoms with Gasteiger partial charge in [-0.15, -0.1) is 24.8 Å². The smallest absolute Gasteiger partial charge is 0.223 e. The van der Waals surface area contributed by atoms with Crippen molar-refractivity contribution in [2.45, 2.75) is 70.3 Å². The topological polar surface area (TPSA) is 49.6 Å². The van der Waals surface area contributed by atoms with Crippen LogP contribution in [0.3, 0.4) is 0 Å². The lowest BCUT2D eigenvalue weighted by Crippen LogP contribution is -2.47. The SMILES string of the molecule is Cl.Cl.NCC1(CC(=O)N2CCC(N3CCCC3)CC2)CCCCC1. The van der Waals surface area contributed by atoms with E-state index in [2.05, 4.69) is 9.80 Å². The Morgan fingerprint density at radius 1 is 0.917 bits per heavy atom. The van der Waals surface area contributed by atoms with Crippen molar-refractivity contribution in [2.75, 3.05) is 32.7 Å². The molecule has 2 N–H and O–H groups in total. The molecule has 1 saturated carbocycles. The average molecular weight is 380 g/mol. The first kappa shape index (κ1) is 22.0. The second-order valence-electron chi connectivity index (χ2n) is 7.80. The fourth-order valence-corrected chi connectivity index (χ4v) is 4.77. The molecule has 0 aromatic rings. The summed E-state index contributed by atoms with van der Waals surface area (Å²) in [5, 5.41) is 0. The van der Waals surface area contributed by atoms with Gasteiger partial charge in [-0.25, -0.2) is 0 Å². The van der Waals surface area contributed by atoms with Gasteiger partial charge in [-0.2, -0.15) is 0 Å². The highest BCUT2D eigenvalue weighted by atomic mass is 35.5. The largest absolute Gasteiger partial charge is 0.343 e. The van der Waals surface area contributed by atoms with Gasteiger partial charge in [0.05, 0.1) is 0 Å². The predicted octanol–water partition coefficient (Wildman–Crippen LogP) is 3.22. The third-order valence-electron chi connectivity index (χ3n) is 6.35. The molecular formula is C18H35Cl2N3O. The highest BCUT2D eigenvalue weighted by molar-refractivity contribution is 5.85. The summed E-state index contributed by atoms with van der Waals surface area (Å²) < 4.78 is 0. The molecule has 3 fully saturated rings. The number of likely N-dealkylation sites (tertiary alicyclic amines) is 2. The summed E-state index contributed by atoms with van der Waals surface area (Å²) in [6, 6.07) is 0.727. The Balaban J connectivity index is 0.00000144. The van der Waals surface area contributed by atoms with Gasteiger partial charge in [0.15, 0.2) is 0 Å². The number of rotatable bonds is 4. The standard InChI is InChI=1S/C18H33N3O.2ClH/c19-15-18(8-2-1-3-9-18)14-17(22)21-12-6-16(7-13-21)20-10-4-5-11-20;;/h16H,1-15,19H2;2*1H. The first-order valence-corrected chi connectivity index (χ1v) is 9.44. The molecule has 1 aliphatic carbocycles. The van der Waals surface area contributed by atoms with Crippen molar-refractivity contribution in [3.63, 3.8) is 0 Å². The van der Waals surface area contributed by atoms with Crippen LogP contribution < -0.4 is 5.73 Å². The maximum Gasteiger partial charge on any atom is 0.223 e. The summed E-state index contributed by atoms with van der Waals surface area (Å²) in [4.78, 5) is 17.5. The molecule has 2 aliphatic heterocycles. The average Bonchev–Trinajstić information content (AvgIpc) is 3.10. The van der Waals surface area contributed by atoms with Crippen LogP contribution in [-0.4, -0.2) is 54.5 Å². The second-order valence-corrected chi connectivity index (χ2v) is 7.80. The molecule has 2 heterocycles. The summed E-state index contributed by atoms with van der Waals surface area (Å²) in [5.74, 6) is 0.368. The highest BCUT2D eigenvalue weighted by Crippen LogP contribution is 2.39. The predicted molar refractivity (Wildman–Crippen MR) is 104 cm³/mol. The molecule has 2 saturated heterocycles. The summed E-state index contributed by atoms with van der Waals surface area (Å²) >= 11 is 0. The quantitative estimate of drug-likeness (QED) is 0.815. The van der Waals surface area contributed by atoms with Crippen LogP contribution in [0.5, 0.6) is 0 Å². The Kier molecular flexibility index (Phi) is 9.35. The fraction of sp³-hybridized carbons (Fsp3) is 0.944.